The van der Waals surface area contributed by atoms with Crippen LogP contribution < -0.4 is 9.47 Å². The van der Waals surface area contributed by atoms with Crippen molar-refractivity contribution >= 4 is 35.1 Å². The molecule has 0 saturated carbocycles. The molecule has 35 heavy (non-hydrogen) atoms. The average Bonchev–Trinajstić information content (AvgIpc) is 3.17. The van der Waals surface area contributed by atoms with Crippen LogP contribution in [0.4, 0.5) is 0 Å². The molecule has 0 saturated heterocycles. The molecule has 0 aliphatic rings. The summed E-state index contributed by atoms with van der Waals surface area (Å²) in [5.74, 6) is 1.41. The summed E-state index contributed by atoms with van der Waals surface area (Å²) in [6, 6.07) is 6.78. The number of nitrogens with zero attached hydrogens (tertiary/aromatic N) is 1. The number of benzene rings is 1. The zero-order valence-electron chi connectivity index (χ0n) is 19.9. The van der Waals surface area contributed by atoms with E-state index < -0.39 is 17.7 Å². The number of esters is 2. The van der Waals surface area contributed by atoms with Gasteiger partial charge in [-0.2, -0.15) is 5.26 Å². The number of terminal acetylenes is 1. The number of rotatable bonds is 11. The van der Waals surface area contributed by atoms with Gasteiger partial charge in [0.05, 0.1) is 31.5 Å². The Balaban J connectivity index is 2.41. The van der Waals surface area contributed by atoms with Crippen LogP contribution in [-0.4, -0.2) is 44.7 Å². The van der Waals surface area contributed by atoms with Crippen molar-refractivity contribution in [2.24, 2.45) is 0 Å². The van der Waals surface area contributed by atoms with Crippen LogP contribution in [0.2, 0.25) is 0 Å². The molecule has 9 heteroatoms. The van der Waals surface area contributed by atoms with Crippen molar-refractivity contribution in [2.75, 3.05) is 26.9 Å². The van der Waals surface area contributed by atoms with Gasteiger partial charge in [-0.3, -0.25) is 4.79 Å². The Morgan fingerprint density at radius 1 is 1.11 bits per heavy atom. The Morgan fingerprint density at radius 2 is 1.80 bits per heavy atom. The summed E-state index contributed by atoms with van der Waals surface area (Å²) in [5, 5.41) is 9.63. The van der Waals surface area contributed by atoms with Crippen LogP contribution in [0, 0.1) is 30.6 Å². The summed E-state index contributed by atoms with van der Waals surface area (Å²) < 4.78 is 20.9. The lowest BCUT2D eigenvalue weighted by atomic mass is 10.0. The third kappa shape index (κ3) is 6.72. The number of carbonyl (C=O) groups excluding carboxylic acids is 3. The third-order valence-electron chi connectivity index (χ3n) is 4.71. The molecule has 0 unspecified atom stereocenters. The van der Waals surface area contributed by atoms with Gasteiger partial charge >= 0.3 is 11.9 Å². The van der Waals surface area contributed by atoms with Crippen molar-refractivity contribution in [3.8, 4) is 29.9 Å². The Labute approximate surface area is 208 Å². The molecule has 0 atom stereocenters. The van der Waals surface area contributed by atoms with Gasteiger partial charge in [-0.25, -0.2) is 9.59 Å². The summed E-state index contributed by atoms with van der Waals surface area (Å²) in [6.45, 7) is 5.28. The molecule has 8 nitrogen and oxygen atoms in total. The number of thiophene rings is 1. The van der Waals surface area contributed by atoms with E-state index in [1.54, 1.807) is 39.0 Å². The first-order valence-corrected chi connectivity index (χ1v) is 11.5. The highest BCUT2D eigenvalue weighted by molar-refractivity contribution is 7.14. The van der Waals surface area contributed by atoms with E-state index in [0.29, 0.717) is 27.5 Å². The highest BCUT2D eigenvalue weighted by Crippen LogP contribution is 2.32. The molecule has 2 aromatic rings. The first kappa shape index (κ1) is 27.2. The second kappa shape index (κ2) is 13.0. The minimum atomic E-state index is -0.644. The molecule has 0 radical (unpaired) electrons. The minimum Gasteiger partial charge on any atom is -0.493 e. The molecule has 0 amide bonds. The molecule has 2 rings (SSSR count). The fourth-order valence-corrected chi connectivity index (χ4v) is 4.34. The number of ketones is 1. The lowest BCUT2D eigenvalue weighted by Gasteiger charge is -2.09. The largest absolute Gasteiger partial charge is 0.493 e. The van der Waals surface area contributed by atoms with Crippen LogP contribution in [-0.2, 0) is 20.7 Å². The molecule has 0 spiro atoms. The van der Waals surface area contributed by atoms with Crippen LogP contribution in [0.15, 0.2) is 23.8 Å². The maximum atomic E-state index is 13.0. The number of methoxy groups -OCH3 is 1. The Hall–Kier alpha value is -4.08. The van der Waals surface area contributed by atoms with Gasteiger partial charge in [0.2, 0.25) is 0 Å². The van der Waals surface area contributed by atoms with Crippen LogP contribution in [0.3, 0.4) is 0 Å². The number of hydrogen-bond donors (Lipinski definition) is 0. The molecule has 0 aliphatic carbocycles. The van der Waals surface area contributed by atoms with Gasteiger partial charge < -0.3 is 18.9 Å². The zero-order valence-corrected chi connectivity index (χ0v) is 20.7. The van der Waals surface area contributed by atoms with Gasteiger partial charge in [0.15, 0.2) is 17.3 Å². The van der Waals surface area contributed by atoms with Crippen molar-refractivity contribution in [1.29, 1.82) is 5.26 Å². The summed E-state index contributed by atoms with van der Waals surface area (Å²) >= 11 is 0.981. The molecule has 0 aliphatic heterocycles. The summed E-state index contributed by atoms with van der Waals surface area (Å²) in [6.07, 6.45) is 6.36. The fraction of sp³-hybridized carbons (Fsp3) is 0.308. The Kier molecular flexibility index (Phi) is 10.1. The van der Waals surface area contributed by atoms with E-state index in [1.807, 2.05) is 6.07 Å². The van der Waals surface area contributed by atoms with Crippen molar-refractivity contribution in [2.45, 2.75) is 27.2 Å². The smallest absolute Gasteiger partial charge is 0.348 e. The number of allylic oxidation sites excluding steroid dienone is 1. The molecule has 1 aromatic heterocycles. The molecule has 1 heterocycles. The normalized spacial score (nSPS) is 10.6. The fourth-order valence-electron chi connectivity index (χ4n) is 3.15. The monoisotopic (exact) mass is 495 g/mol. The summed E-state index contributed by atoms with van der Waals surface area (Å²) in [4.78, 5) is 38.5. The molecule has 0 fully saturated rings. The third-order valence-corrected chi connectivity index (χ3v) is 5.98. The number of carbonyl (C=O) groups is 3. The van der Waals surface area contributed by atoms with Gasteiger partial charge in [-0.1, -0.05) is 12.0 Å². The number of ether oxygens (including phenoxy) is 4. The van der Waals surface area contributed by atoms with Crippen LogP contribution in [0.25, 0.3) is 6.08 Å². The maximum absolute atomic E-state index is 13.0. The van der Waals surface area contributed by atoms with Gasteiger partial charge in [-0.15, -0.1) is 17.8 Å². The maximum Gasteiger partial charge on any atom is 0.348 e. The summed E-state index contributed by atoms with van der Waals surface area (Å²) in [7, 11) is 1.46. The van der Waals surface area contributed by atoms with Gasteiger partial charge in [0, 0.05) is 11.3 Å². The number of Topliss-reactive ketones (excluding diaryl/α,β-unsaturated/α-hetero) is 1. The summed E-state index contributed by atoms with van der Waals surface area (Å²) in [5.41, 5.74) is 0.912. The molecular formula is C26H25NO7S. The lowest BCUT2D eigenvalue weighted by molar-refractivity contribution is -0.114. The molecule has 1 aromatic carbocycles. The lowest BCUT2D eigenvalue weighted by Crippen LogP contribution is -2.12. The predicted octanol–water partition coefficient (Wildman–Crippen LogP) is 4.15. The van der Waals surface area contributed by atoms with E-state index in [4.69, 9.17) is 25.4 Å². The molecule has 182 valence electrons. The highest BCUT2D eigenvalue weighted by atomic mass is 32.1. The van der Waals surface area contributed by atoms with Crippen LogP contribution in [0.1, 0.15) is 49.9 Å². The van der Waals surface area contributed by atoms with E-state index in [-0.39, 0.29) is 42.3 Å². The topological polar surface area (TPSA) is 112 Å². The van der Waals surface area contributed by atoms with Crippen molar-refractivity contribution in [3.63, 3.8) is 0 Å². The van der Waals surface area contributed by atoms with Crippen molar-refractivity contribution < 1.29 is 33.3 Å². The minimum absolute atomic E-state index is 0.0598. The van der Waals surface area contributed by atoms with E-state index in [0.717, 1.165) is 11.3 Å². The van der Waals surface area contributed by atoms with Crippen LogP contribution >= 0.6 is 11.3 Å². The Bertz CT molecular complexity index is 1230. The van der Waals surface area contributed by atoms with E-state index in [9.17, 15) is 19.6 Å². The standard InChI is InChI=1S/C26H25NO7S/c1-6-11-34-20-10-9-17(13-21(20)31-5)12-18(15-27)19(28)14-22-23(25(29)32-7-2)16(4)24(35-22)26(30)33-8-3/h1,9-10,12-13H,7-8,11,14H2,2-5H3. The van der Waals surface area contributed by atoms with Gasteiger partial charge in [-0.05, 0) is 50.1 Å². The van der Waals surface area contributed by atoms with Crippen molar-refractivity contribution in [3.05, 3.63) is 50.2 Å². The van der Waals surface area contributed by atoms with E-state index >= 15 is 0 Å². The Morgan fingerprint density at radius 3 is 2.40 bits per heavy atom. The molecule has 0 N–H and O–H groups in total. The van der Waals surface area contributed by atoms with E-state index in [2.05, 4.69) is 5.92 Å². The van der Waals surface area contributed by atoms with Crippen molar-refractivity contribution in [1.82, 2.24) is 0 Å². The quantitative estimate of drug-likeness (QED) is 0.198. The second-order valence-corrected chi connectivity index (χ2v) is 8.07. The van der Waals surface area contributed by atoms with Crippen LogP contribution in [0.5, 0.6) is 11.5 Å². The van der Waals surface area contributed by atoms with E-state index in [1.165, 1.54) is 13.2 Å². The van der Waals surface area contributed by atoms with Gasteiger partial charge in [0.25, 0.3) is 0 Å². The highest BCUT2D eigenvalue weighted by Gasteiger charge is 2.28. The number of nitriles is 1. The predicted molar refractivity (Wildman–Crippen MR) is 131 cm³/mol. The first-order chi connectivity index (χ1) is 16.8. The molecule has 0 bridgehead atoms. The molecular weight excluding hydrogens is 470 g/mol. The van der Waals surface area contributed by atoms with Gasteiger partial charge in [0.1, 0.15) is 17.6 Å². The zero-order chi connectivity index (χ0) is 26.0. The second-order valence-electron chi connectivity index (χ2n) is 6.97. The first-order valence-electron chi connectivity index (χ1n) is 10.7. The average molecular weight is 496 g/mol. The number of hydrogen-bond acceptors (Lipinski definition) is 9. The SMILES string of the molecule is C#CCOc1ccc(C=C(C#N)C(=O)Cc2sc(C(=O)OCC)c(C)c2C(=O)OCC)cc1OC.